The summed E-state index contributed by atoms with van der Waals surface area (Å²) in [4.78, 5) is 14.5. The number of aromatic amines is 1. The molecule has 3 rings (SSSR count). The maximum atomic E-state index is 12.5. The molecule has 2 aliphatic rings. The second-order valence-electron chi connectivity index (χ2n) is 6.41. The number of fused-ring (bicyclic) bond motifs is 1. The summed E-state index contributed by atoms with van der Waals surface area (Å²) >= 11 is 0. The highest BCUT2D eigenvalue weighted by Gasteiger charge is 2.32. The number of carbonyl (C=O) groups excluding carboxylic acids is 1. The SMILES string of the molecule is CC(C)c1cc(C(=O)N2CC[C@@H]3CNC[C@@H]3CC2)n[nH]1.Cl. The molecule has 6 heteroatoms. The zero-order valence-corrected chi connectivity index (χ0v) is 13.6. The first-order valence-corrected chi connectivity index (χ1v) is 7.70. The maximum absolute atomic E-state index is 12.5. The van der Waals surface area contributed by atoms with Crippen molar-refractivity contribution in [3.05, 3.63) is 17.5 Å². The number of hydrogen-bond acceptors (Lipinski definition) is 3. The van der Waals surface area contributed by atoms with Crippen LogP contribution in [-0.4, -0.2) is 47.2 Å². The first-order valence-electron chi connectivity index (χ1n) is 7.70. The number of aromatic nitrogens is 2. The molecule has 2 fully saturated rings. The molecule has 2 saturated heterocycles. The van der Waals surface area contributed by atoms with Crippen LogP contribution < -0.4 is 5.32 Å². The van der Waals surface area contributed by atoms with E-state index in [1.807, 2.05) is 11.0 Å². The number of H-pyrrole nitrogens is 1. The van der Waals surface area contributed by atoms with E-state index in [1.165, 1.54) is 0 Å². The fourth-order valence-corrected chi connectivity index (χ4v) is 3.33. The number of nitrogens with one attached hydrogen (secondary N) is 2. The van der Waals surface area contributed by atoms with Crippen LogP contribution in [-0.2, 0) is 0 Å². The van der Waals surface area contributed by atoms with Crippen molar-refractivity contribution in [2.24, 2.45) is 11.8 Å². The maximum Gasteiger partial charge on any atom is 0.274 e. The second-order valence-corrected chi connectivity index (χ2v) is 6.41. The lowest BCUT2D eigenvalue weighted by atomic mass is 9.92. The van der Waals surface area contributed by atoms with Crippen LogP contribution in [0.1, 0.15) is 48.8 Å². The molecule has 2 atom stereocenters. The van der Waals surface area contributed by atoms with Gasteiger partial charge in [-0.2, -0.15) is 5.10 Å². The Hall–Kier alpha value is -1.07. The molecular formula is C15H25ClN4O. The average Bonchev–Trinajstić information content (AvgIpc) is 3.04. The van der Waals surface area contributed by atoms with Gasteiger partial charge in [-0.1, -0.05) is 13.8 Å². The summed E-state index contributed by atoms with van der Waals surface area (Å²) in [6, 6.07) is 1.90. The van der Waals surface area contributed by atoms with Gasteiger partial charge in [-0.15, -0.1) is 12.4 Å². The third-order valence-electron chi connectivity index (χ3n) is 4.75. The molecule has 0 aliphatic carbocycles. The van der Waals surface area contributed by atoms with Gasteiger partial charge in [-0.3, -0.25) is 9.89 Å². The fraction of sp³-hybridized carbons (Fsp3) is 0.733. The molecule has 0 unspecified atom stereocenters. The molecule has 118 valence electrons. The van der Waals surface area contributed by atoms with Crippen molar-refractivity contribution >= 4 is 18.3 Å². The summed E-state index contributed by atoms with van der Waals surface area (Å²) < 4.78 is 0. The number of likely N-dealkylation sites (tertiary alicyclic amines) is 1. The van der Waals surface area contributed by atoms with Crippen molar-refractivity contribution in [2.45, 2.75) is 32.6 Å². The van der Waals surface area contributed by atoms with Crippen molar-refractivity contribution < 1.29 is 4.79 Å². The van der Waals surface area contributed by atoms with Gasteiger partial charge in [0.1, 0.15) is 5.69 Å². The first-order chi connectivity index (χ1) is 9.65. The first kappa shape index (κ1) is 16.3. The molecule has 2 N–H and O–H groups in total. The molecule has 0 spiro atoms. The van der Waals surface area contributed by atoms with E-state index in [0.29, 0.717) is 11.6 Å². The Morgan fingerprint density at radius 1 is 1.29 bits per heavy atom. The fourth-order valence-electron chi connectivity index (χ4n) is 3.33. The minimum atomic E-state index is 0. The summed E-state index contributed by atoms with van der Waals surface area (Å²) in [5.41, 5.74) is 1.60. The lowest BCUT2D eigenvalue weighted by molar-refractivity contribution is 0.0752. The Morgan fingerprint density at radius 3 is 2.43 bits per heavy atom. The zero-order chi connectivity index (χ0) is 14.1. The summed E-state index contributed by atoms with van der Waals surface area (Å²) in [6.07, 6.45) is 2.23. The molecular weight excluding hydrogens is 288 g/mol. The van der Waals surface area contributed by atoms with Gasteiger partial charge in [0, 0.05) is 18.8 Å². The second kappa shape index (κ2) is 6.79. The van der Waals surface area contributed by atoms with E-state index in [0.717, 1.165) is 56.6 Å². The van der Waals surface area contributed by atoms with Gasteiger partial charge in [0.15, 0.2) is 0 Å². The number of nitrogens with zero attached hydrogens (tertiary/aromatic N) is 2. The summed E-state index contributed by atoms with van der Waals surface area (Å²) in [5.74, 6) is 1.95. The highest BCUT2D eigenvalue weighted by Crippen LogP contribution is 2.27. The molecule has 21 heavy (non-hydrogen) atoms. The highest BCUT2D eigenvalue weighted by molar-refractivity contribution is 5.92. The van der Waals surface area contributed by atoms with Gasteiger partial charge in [-0.05, 0) is 49.8 Å². The van der Waals surface area contributed by atoms with Crippen molar-refractivity contribution in [1.29, 1.82) is 0 Å². The van der Waals surface area contributed by atoms with Crippen LogP contribution in [0.25, 0.3) is 0 Å². The molecule has 2 aliphatic heterocycles. The van der Waals surface area contributed by atoms with Crippen LogP contribution in [0, 0.1) is 11.8 Å². The molecule has 0 bridgehead atoms. The average molecular weight is 313 g/mol. The number of hydrogen-bond donors (Lipinski definition) is 2. The third-order valence-corrected chi connectivity index (χ3v) is 4.75. The van der Waals surface area contributed by atoms with Crippen molar-refractivity contribution in [3.63, 3.8) is 0 Å². The van der Waals surface area contributed by atoms with E-state index < -0.39 is 0 Å². The summed E-state index contributed by atoms with van der Waals surface area (Å²) in [5, 5.41) is 10.6. The zero-order valence-electron chi connectivity index (χ0n) is 12.8. The Bertz CT molecular complexity index is 474. The van der Waals surface area contributed by atoms with Crippen LogP contribution in [0.15, 0.2) is 6.07 Å². The Labute approximate surface area is 132 Å². The van der Waals surface area contributed by atoms with E-state index >= 15 is 0 Å². The van der Waals surface area contributed by atoms with Gasteiger partial charge in [0.05, 0.1) is 0 Å². The molecule has 1 amide bonds. The molecule has 3 heterocycles. The van der Waals surface area contributed by atoms with Gasteiger partial charge in [-0.25, -0.2) is 0 Å². The standard InChI is InChI=1S/C15H24N4O.ClH/c1-10(2)13-7-14(18-17-13)15(20)19-5-3-11-8-16-9-12(11)4-6-19;/h7,10-12,16H,3-6,8-9H2,1-2H3,(H,17,18);1H/t11-,12+;. The predicted molar refractivity (Wildman–Crippen MR) is 84.9 cm³/mol. The minimum absolute atomic E-state index is 0. The number of halogens is 1. The number of amides is 1. The van der Waals surface area contributed by atoms with Crippen molar-refractivity contribution in [1.82, 2.24) is 20.4 Å². The molecule has 0 saturated carbocycles. The van der Waals surface area contributed by atoms with Crippen molar-refractivity contribution in [3.8, 4) is 0 Å². The van der Waals surface area contributed by atoms with Crippen molar-refractivity contribution in [2.75, 3.05) is 26.2 Å². The van der Waals surface area contributed by atoms with Gasteiger partial charge in [0.25, 0.3) is 5.91 Å². The lowest BCUT2D eigenvalue weighted by Crippen LogP contribution is -2.33. The third kappa shape index (κ3) is 3.40. The quantitative estimate of drug-likeness (QED) is 0.878. The predicted octanol–water partition coefficient (Wildman–Crippen LogP) is 2.03. The van der Waals surface area contributed by atoms with Crippen LogP contribution in [0.5, 0.6) is 0 Å². The molecule has 1 aromatic heterocycles. The number of carbonyl (C=O) groups is 1. The Kier molecular flexibility index (Phi) is 5.27. The van der Waals surface area contributed by atoms with Crippen LogP contribution in [0.4, 0.5) is 0 Å². The normalized spacial score (nSPS) is 25.4. The van der Waals surface area contributed by atoms with E-state index in [-0.39, 0.29) is 18.3 Å². The Morgan fingerprint density at radius 2 is 1.90 bits per heavy atom. The largest absolute Gasteiger partial charge is 0.337 e. The van der Waals surface area contributed by atoms with Gasteiger partial charge in [0.2, 0.25) is 0 Å². The van der Waals surface area contributed by atoms with E-state index in [4.69, 9.17) is 0 Å². The molecule has 0 aromatic carbocycles. The van der Waals surface area contributed by atoms with E-state index in [1.54, 1.807) is 0 Å². The molecule has 0 radical (unpaired) electrons. The summed E-state index contributed by atoms with van der Waals surface area (Å²) in [6.45, 7) is 8.17. The van der Waals surface area contributed by atoms with Crippen LogP contribution in [0.2, 0.25) is 0 Å². The van der Waals surface area contributed by atoms with Gasteiger partial charge < -0.3 is 10.2 Å². The molecule has 5 nitrogen and oxygen atoms in total. The van der Waals surface area contributed by atoms with Gasteiger partial charge >= 0.3 is 0 Å². The molecule has 1 aromatic rings. The topological polar surface area (TPSA) is 61.0 Å². The lowest BCUT2D eigenvalue weighted by Gasteiger charge is -2.19. The number of rotatable bonds is 2. The van der Waals surface area contributed by atoms with E-state index in [2.05, 4.69) is 29.4 Å². The highest BCUT2D eigenvalue weighted by atomic mass is 35.5. The smallest absolute Gasteiger partial charge is 0.274 e. The van der Waals surface area contributed by atoms with Crippen LogP contribution in [0.3, 0.4) is 0 Å². The minimum Gasteiger partial charge on any atom is -0.337 e. The Balaban J connectivity index is 0.00000161. The van der Waals surface area contributed by atoms with Crippen LogP contribution >= 0.6 is 12.4 Å². The monoisotopic (exact) mass is 312 g/mol. The summed E-state index contributed by atoms with van der Waals surface area (Å²) in [7, 11) is 0. The van der Waals surface area contributed by atoms with E-state index in [9.17, 15) is 4.79 Å².